The van der Waals surface area contributed by atoms with E-state index in [-0.39, 0.29) is 5.82 Å². The van der Waals surface area contributed by atoms with Crippen molar-refractivity contribution >= 4 is 17.3 Å². The Kier molecular flexibility index (Phi) is 3.62. The zero-order valence-electron chi connectivity index (χ0n) is 10.4. The highest BCUT2D eigenvalue weighted by molar-refractivity contribution is 6.30. The van der Waals surface area contributed by atoms with Gasteiger partial charge >= 0.3 is 0 Å². The SMILES string of the molecule is CC1(C)CCC(Nc2ccc(Cl)cc2F)CC1. The average Bonchev–Trinajstić information content (AvgIpc) is 2.25. The van der Waals surface area contributed by atoms with E-state index in [1.807, 2.05) is 0 Å². The molecule has 0 unspecified atom stereocenters. The Balaban J connectivity index is 1.98. The molecule has 0 saturated heterocycles. The van der Waals surface area contributed by atoms with Crippen LogP contribution in [0.4, 0.5) is 10.1 Å². The van der Waals surface area contributed by atoms with Crippen LogP contribution in [0.15, 0.2) is 18.2 Å². The summed E-state index contributed by atoms with van der Waals surface area (Å²) in [6, 6.07) is 5.19. The first kappa shape index (κ1) is 12.7. The second-order valence-electron chi connectivity index (χ2n) is 5.71. The molecule has 1 aliphatic carbocycles. The predicted octanol–water partition coefficient (Wildman–Crippen LogP) is 4.86. The van der Waals surface area contributed by atoms with Crippen LogP contribution in [-0.2, 0) is 0 Å². The lowest BCUT2D eigenvalue weighted by molar-refractivity contribution is 0.232. The Morgan fingerprint density at radius 2 is 1.94 bits per heavy atom. The molecule has 1 fully saturated rings. The number of benzene rings is 1. The first-order valence-corrected chi connectivity index (χ1v) is 6.56. The van der Waals surface area contributed by atoms with E-state index in [1.54, 1.807) is 12.1 Å². The highest BCUT2D eigenvalue weighted by Crippen LogP contribution is 2.36. The van der Waals surface area contributed by atoms with Crippen LogP contribution in [0.3, 0.4) is 0 Å². The van der Waals surface area contributed by atoms with Gasteiger partial charge in [0.25, 0.3) is 0 Å². The lowest BCUT2D eigenvalue weighted by Crippen LogP contribution is -2.30. The van der Waals surface area contributed by atoms with E-state index in [0.29, 0.717) is 22.2 Å². The standard InChI is InChI=1S/C14H19ClFN/c1-14(2)7-5-11(6-8-14)17-13-4-3-10(15)9-12(13)16/h3-4,9,11,17H,5-8H2,1-2H3. The quantitative estimate of drug-likeness (QED) is 0.796. The van der Waals surface area contributed by atoms with E-state index in [2.05, 4.69) is 19.2 Å². The van der Waals surface area contributed by atoms with Crippen LogP contribution in [0.2, 0.25) is 5.02 Å². The van der Waals surface area contributed by atoms with Crippen LogP contribution in [0.25, 0.3) is 0 Å². The summed E-state index contributed by atoms with van der Waals surface area (Å²) in [4.78, 5) is 0. The fraction of sp³-hybridized carbons (Fsp3) is 0.571. The second kappa shape index (κ2) is 4.85. The van der Waals surface area contributed by atoms with Gasteiger partial charge in [-0.3, -0.25) is 0 Å². The molecule has 0 aromatic heterocycles. The second-order valence-corrected chi connectivity index (χ2v) is 6.14. The van der Waals surface area contributed by atoms with Gasteiger partial charge in [-0.25, -0.2) is 4.39 Å². The van der Waals surface area contributed by atoms with Crippen molar-refractivity contribution in [3.8, 4) is 0 Å². The molecule has 17 heavy (non-hydrogen) atoms. The third kappa shape index (κ3) is 3.35. The molecule has 3 heteroatoms. The molecule has 1 nitrogen and oxygen atoms in total. The molecule has 94 valence electrons. The average molecular weight is 256 g/mol. The van der Waals surface area contributed by atoms with E-state index in [0.717, 1.165) is 12.8 Å². The summed E-state index contributed by atoms with van der Waals surface area (Å²) in [5.41, 5.74) is 1.01. The largest absolute Gasteiger partial charge is 0.380 e. The normalized spacial score (nSPS) is 20.2. The van der Waals surface area contributed by atoms with E-state index in [1.165, 1.54) is 18.9 Å². The number of hydrogen-bond acceptors (Lipinski definition) is 1. The molecule has 2 rings (SSSR count). The molecule has 1 aromatic rings. The van der Waals surface area contributed by atoms with Gasteiger partial charge < -0.3 is 5.32 Å². The van der Waals surface area contributed by atoms with E-state index in [4.69, 9.17) is 11.6 Å². The molecule has 0 aliphatic heterocycles. The molecule has 0 amide bonds. The molecule has 1 saturated carbocycles. The van der Waals surface area contributed by atoms with E-state index in [9.17, 15) is 4.39 Å². The lowest BCUT2D eigenvalue weighted by Gasteiger charge is -2.35. The summed E-state index contributed by atoms with van der Waals surface area (Å²) < 4.78 is 13.6. The predicted molar refractivity (Wildman–Crippen MR) is 71.1 cm³/mol. The van der Waals surface area contributed by atoms with Crippen LogP contribution in [0, 0.1) is 11.2 Å². The maximum atomic E-state index is 13.6. The van der Waals surface area contributed by atoms with Gasteiger partial charge in [-0.1, -0.05) is 25.4 Å². The Hall–Kier alpha value is -0.760. The first-order chi connectivity index (χ1) is 7.96. The van der Waals surface area contributed by atoms with Gasteiger partial charge in [-0.05, 0) is 49.3 Å². The summed E-state index contributed by atoms with van der Waals surface area (Å²) in [6.45, 7) is 4.60. The van der Waals surface area contributed by atoms with Crippen molar-refractivity contribution in [1.29, 1.82) is 0 Å². The Morgan fingerprint density at radius 1 is 1.29 bits per heavy atom. The summed E-state index contributed by atoms with van der Waals surface area (Å²) in [6.07, 6.45) is 4.60. The number of anilines is 1. The van der Waals surface area contributed by atoms with E-state index >= 15 is 0 Å². The minimum atomic E-state index is -0.262. The molecule has 0 heterocycles. The van der Waals surface area contributed by atoms with Crippen LogP contribution >= 0.6 is 11.6 Å². The van der Waals surface area contributed by atoms with Gasteiger partial charge in [0.1, 0.15) is 5.82 Å². The van der Waals surface area contributed by atoms with Crippen molar-refractivity contribution in [3.05, 3.63) is 29.0 Å². The molecule has 1 aromatic carbocycles. The summed E-state index contributed by atoms with van der Waals surface area (Å²) in [7, 11) is 0. The van der Waals surface area contributed by atoms with Crippen molar-refractivity contribution in [2.45, 2.75) is 45.6 Å². The lowest BCUT2D eigenvalue weighted by atomic mass is 9.75. The summed E-state index contributed by atoms with van der Waals surface area (Å²) in [5.74, 6) is -0.262. The third-order valence-electron chi connectivity index (χ3n) is 3.63. The highest BCUT2D eigenvalue weighted by atomic mass is 35.5. The first-order valence-electron chi connectivity index (χ1n) is 6.18. The number of halogens is 2. The molecule has 0 atom stereocenters. The molecule has 0 spiro atoms. The Bertz CT molecular complexity index is 393. The number of nitrogens with one attached hydrogen (secondary N) is 1. The number of rotatable bonds is 2. The third-order valence-corrected chi connectivity index (χ3v) is 3.87. The van der Waals surface area contributed by atoms with Crippen molar-refractivity contribution in [3.63, 3.8) is 0 Å². The molecule has 1 aliphatic rings. The molecule has 0 bridgehead atoms. The Labute approximate surface area is 107 Å². The monoisotopic (exact) mass is 255 g/mol. The van der Waals surface area contributed by atoms with Crippen LogP contribution in [-0.4, -0.2) is 6.04 Å². The van der Waals surface area contributed by atoms with Crippen molar-refractivity contribution < 1.29 is 4.39 Å². The fourth-order valence-corrected chi connectivity index (χ4v) is 2.53. The van der Waals surface area contributed by atoms with Crippen LogP contribution in [0.5, 0.6) is 0 Å². The molecule has 0 radical (unpaired) electrons. The van der Waals surface area contributed by atoms with Gasteiger partial charge in [0, 0.05) is 11.1 Å². The minimum Gasteiger partial charge on any atom is -0.380 e. The molecular weight excluding hydrogens is 237 g/mol. The zero-order valence-corrected chi connectivity index (χ0v) is 11.1. The highest BCUT2D eigenvalue weighted by Gasteiger charge is 2.26. The van der Waals surface area contributed by atoms with Gasteiger partial charge in [0.15, 0.2) is 0 Å². The topological polar surface area (TPSA) is 12.0 Å². The van der Waals surface area contributed by atoms with Gasteiger partial charge in [0.2, 0.25) is 0 Å². The Morgan fingerprint density at radius 3 is 2.53 bits per heavy atom. The maximum Gasteiger partial charge on any atom is 0.147 e. The summed E-state index contributed by atoms with van der Waals surface area (Å²) >= 11 is 5.73. The van der Waals surface area contributed by atoms with Crippen LogP contribution in [0.1, 0.15) is 39.5 Å². The number of hydrogen-bond donors (Lipinski definition) is 1. The zero-order chi connectivity index (χ0) is 12.5. The molecular formula is C14H19ClFN. The fourth-order valence-electron chi connectivity index (χ4n) is 2.37. The minimum absolute atomic E-state index is 0.262. The van der Waals surface area contributed by atoms with Crippen LogP contribution < -0.4 is 5.32 Å². The smallest absolute Gasteiger partial charge is 0.147 e. The van der Waals surface area contributed by atoms with Gasteiger partial charge in [-0.2, -0.15) is 0 Å². The van der Waals surface area contributed by atoms with Crippen molar-refractivity contribution in [1.82, 2.24) is 0 Å². The van der Waals surface area contributed by atoms with Crippen molar-refractivity contribution in [2.24, 2.45) is 5.41 Å². The summed E-state index contributed by atoms with van der Waals surface area (Å²) in [5, 5.41) is 3.72. The van der Waals surface area contributed by atoms with E-state index < -0.39 is 0 Å². The maximum absolute atomic E-state index is 13.6. The van der Waals surface area contributed by atoms with Gasteiger partial charge in [0.05, 0.1) is 5.69 Å². The molecule has 1 N–H and O–H groups in total. The van der Waals surface area contributed by atoms with Crippen molar-refractivity contribution in [2.75, 3.05) is 5.32 Å². The van der Waals surface area contributed by atoms with Gasteiger partial charge in [-0.15, -0.1) is 0 Å².